The van der Waals surface area contributed by atoms with Crippen molar-refractivity contribution in [2.24, 2.45) is 0 Å². The summed E-state index contributed by atoms with van der Waals surface area (Å²) in [5.74, 6) is 0.466. The highest BCUT2D eigenvalue weighted by Gasteiger charge is 2.21. The molecule has 1 atom stereocenters. The third-order valence-electron chi connectivity index (χ3n) is 8.03. The molecule has 1 unspecified atom stereocenters. The molecule has 0 aliphatic carbocycles. The normalized spacial score (nSPS) is 11.9. The van der Waals surface area contributed by atoms with E-state index >= 15 is 0 Å². The van der Waals surface area contributed by atoms with Crippen LogP contribution in [0, 0.1) is 6.92 Å². The monoisotopic (exact) mass is 534 g/mol. The van der Waals surface area contributed by atoms with Crippen molar-refractivity contribution in [1.82, 2.24) is 0 Å². The van der Waals surface area contributed by atoms with Crippen LogP contribution in [-0.4, -0.2) is 11.1 Å². The highest BCUT2D eigenvalue weighted by molar-refractivity contribution is 5.83. The van der Waals surface area contributed by atoms with Crippen molar-refractivity contribution in [3.8, 4) is 11.5 Å². The first-order chi connectivity index (χ1) is 19.0. The quantitative estimate of drug-likeness (QED) is 0.0749. The van der Waals surface area contributed by atoms with Gasteiger partial charge in [-0.3, -0.25) is 0 Å². The van der Waals surface area contributed by atoms with Gasteiger partial charge in [-0.15, -0.1) is 0 Å². The molecule has 0 heterocycles. The summed E-state index contributed by atoms with van der Waals surface area (Å²) < 4.78 is 5.67. The zero-order chi connectivity index (χ0) is 28.3. The fourth-order valence-electron chi connectivity index (χ4n) is 5.73. The molecule has 0 saturated carbocycles. The van der Waals surface area contributed by atoms with E-state index in [1.54, 1.807) is 6.07 Å². The Morgan fingerprint density at radius 2 is 1.33 bits per heavy atom. The first-order valence-electron chi connectivity index (χ1n) is 15.7. The summed E-state index contributed by atoms with van der Waals surface area (Å²) in [5, 5.41) is 10.5. The lowest BCUT2D eigenvalue weighted by Gasteiger charge is -2.23. The van der Waals surface area contributed by atoms with Crippen LogP contribution in [0.2, 0.25) is 0 Å². The third-order valence-corrected chi connectivity index (χ3v) is 8.03. The molecule has 0 aliphatic rings. The Kier molecular flexibility index (Phi) is 16.3. The summed E-state index contributed by atoms with van der Waals surface area (Å²) in [6.45, 7) is 10.1. The zero-order valence-corrected chi connectivity index (χ0v) is 25.1. The summed E-state index contributed by atoms with van der Waals surface area (Å²) in [5.41, 5.74) is 4.26. The molecule has 0 amide bonds. The van der Waals surface area contributed by atoms with Gasteiger partial charge in [-0.25, -0.2) is 4.79 Å². The van der Waals surface area contributed by atoms with E-state index in [4.69, 9.17) is 4.74 Å². The van der Waals surface area contributed by atoms with E-state index in [0.717, 1.165) is 35.1 Å². The lowest BCUT2D eigenvalue weighted by molar-refractivity contribution is -0.129. The molecule has 0 saturated heterocycles. The smallest absolute Gasteiger partial charge is 0.335 e. The Hall–Kier alpha value is -2.55. The highest BCUT2D eigenvalue weighted by atomic mass is 16.5. The molecule has 2 aromatic rings. The molecule has 0 radical (unpaired) electrons. The molecule has 0 aromatic heterocycles. The van der Waals surface area contributed by atoms with Gasteiger partial charge in [0.05, 0.1) is 0 Å². The molecule has 2 rings (SSSR count). The number of esters is 1. The van der Waals surface area contributed by atoms with Gasteiger partial charge in [0.15, 0.2) is 0 Å². The Morgan fingerprint density at radius 3 is 1.85 bits per heavy atom. The van der Waals surface area contributed by atoms with Crippen LogP contribution in [0.3, 0.4) is 0 Å². The number of aryl methyl sites for hydroxylation is 1. The Balaban J connectivity index is 1.79. The number of phenolic OH excluding ortho intramolecular Hbond substituents is 1. The number of carbonyl (C=O) groups is 1. The largest absolute Gasteiger partial charge is 0.508 e. The van der Waals surface area contributed by atoms with E-state index in [-0.39, 0.29) is 5.92 Å². The maximum Gasteiger partial charge on any atom is 0.335 e. The number of benzene rings is 2. The van der Waals surface area contributed by atoms with Crippen molar-refractivity contribution in [2.45, 2.75) is 136 Å². The van der Waals surface area contributed by atoms with E-state index in [1.807, 2.05) is 30.3 Å². The number of ether oxygens (including phenoxy) is 1. The van der Waals surface area contributed by atoms with Crippen LogP contribution in [0.15, 0.2) is 49.1 Å². The minimum atomic E-state index is -0.437. The lowest BCUT2D eigenvalue weighted by Crippen LogP contribution is -2.10. The topological polar surface area (TPSA) is 46.5 Å². The van der Waals surface area contributed by atoms with Gasteiger partial charge >= 0.3 is 5.97 Å². The van der Waals surface area contributed by atoms with Gasteiger partial charge in [0.25, 0.3) is 0 Å². The zero-order valence-electron chi connectivity index (χ0n) is 25.1. The van der Waals surface area contributed by atoms with Crippen LogP contribution < -0.4 is 4.74 Å². The average molecular weight is 535 g/mol. The van der Waals surface area contributed by atoms with Gasteiger partial charge in [0.2, 0.25) is 0 Å². The van der Waals surface area contributed by atoms with E-state index in [0.29, 0.717) is 11.5 Å². The van der Waals surface area contributed by atoms with Crippen LogP contribution in [0.1, 0.15) is 145 Å². The summed E-state index contributed by atoms with van der Waals surface area (Å²) in [6.07, 6.45) is 23.6. The molecule has 0 aliphatic heterocycles. The average Bonchev–Trinajstić information content (AvgIpc) is 2.94. The van der Waals surface area contributed by atoms with Gasteiger partial charge in [0.1, 0.15) is 11.5 Å². The number of unbranched alkanes of at least 4 members (excludes halogenated alkanes) is 15. The molecule has 0 spiro atoms. The highest BCUT2D eigenvalue weighted by Crippen LogP contribution is 2.38. The maximum atomic E-state index is 12.1. The summed E-state index contributed by atoms with van der Waals surface area (Å²) >= 11 is 0. The molecule has 2 aromatic carbocycles. The standard InChI is InChI=1S/C36H54O3/c1-5-7-8-9-10-11-12-13-14-15-16-17-18-19-20-21-25-32-34(39-35(38)6-2)28-27-29(3)36(32)30(4)31-24-22-23-26-33(31)37/h6,22-24,26-28,30,37H,2,5,7-21,25H2,1,3-4H3. The van der Waals surface area contributed by atoms with Crippen LogP contribution >= 0.6 is 0 Å². The van der Waals surface area contributed by atoms with Crippen LogP contribution in [0.25, 0.3) is 0 Å². The second kappa shape index (κ2) is 19.5. The van der Waals surface area contributed by atoms with Gasteiger partial charge in [-0.05, 0) is 48.6 Å². The van der Waals surface area contributed by atoms with Gasteiger partial charge in [-0.1, -0.05) is 141 Å². The van der Waals surface area contributed by atoms with Crippen molar-refractivity contribution in [3.63, 3.8) is 0 Å². The Morgan fingerprint density at radius 1 is 0.821 bits per heavy atom. The van der Waals surface area contributed by atoms with Crippen molar-refractivity contribution in [3.05, 3.63) is 71.3 Å². The van der Waals surface area contributed by atoms with Crippen molar-refractivity contribution < 1.29 is 14.6 Å². The van der Waals surface area contributed by atoms with Gasteiger partial charge < -0.3 is 9.84 Å². The van der Waals surface area contributed by atoms with Crippen molar-refractivity contribution in [2.75, 3.05) is 0 Å². The van der Waals surface area contributed by atoms with Crippen molar-refractivity contribution in [1.29, 1.82) is 0 Å². The van der Waals surface area contributed by atoms with Gasteiger partial charge in [0, 0.05) is 17.6 Å². The number of phenols is 1. The number of hydrogen-bond acceptors (Lipinski definition) is 3. The molecule has 1 N–H and O–H groups in total. The fraction of sp³-hybridized carbons (Fsp3) is 0.583. The van der Waals surface area contributed by atoms with E-state index in [9.17, 15) is 9.90 Å². The molecular formula is C36H54O3. The second-order valence-electron chi connectivity index (χ2n) is 11.2. The minimum absolute atomic E-state index is 0.00959. The van der Waals surface area contributed by atoms with Crippen LogP contribution in [0.4, 0.5) is 0 Å². The van der Waals surface area contributed by atoms with Gasteiger partial charge in [-0.2, -0.15) is 0 Å². The number of hydrogen-bond donors (Lipinski definition) is 1. The fourth-order valence-corrected chi connectivity index (χ4v) is 5.73. The molecule has 0 fully saturated rings. The van der Waals surface area contributed by atoms with E-state index < -0.39 is 5.97 Å². The Bertz CT molecular complexity index is 977. The predicted octanol–water partition coefficient (Wildman–Crippen LogP) is 10.7. The molecule has 3 heteroatoms. The molecule has 39 heavy (non-hydrogen) atoms. The molecule has 0 bridgehead atoms. The SMILES string of the molecule is C=CC(=O)Oc1ccc(C)c(C(C)c2ccccc2O)c1CCCCCCCCCCCCCCCCCC. The Labute approximate surface area is 239 Å². The number of para-hydroxylation sites is 1. The number of aromatic hydroxyl groups is 1. The molecule has 216 valence electrons. The minimum Gasteiger partial charge on any atom is -0.508 e. The summed E-state index contributed by atoms with van der Waals surface area (Å²) in [6, 6.07) is 11.4. The number of rotatable bonds is 21. The van der Waals surface area contributed by atoms with E-state index in [2.05, 4.69) is 27.4 Å². The maximum absolute atomic E-state index is 12.1. The van der Waals surface area contributed by atoms with Crippen molar-refractivity contribution >= 4 is 5.97 Å². The lowest BCUT2D eigenvalue weighted by atomic mass is 9.84. The van der Waals surface area contributed by atoms with Crippen LogP contribution in [-0.2, 0) is 11.2 Å². The second-order valence-corrected chi connectivity index (χ2v) is 11.2. The predicted molar refractivity (Wildman–Crippen MR) is 166 cm³/mol. The molecular weight excluding hydrogens is 480 g/mol. The first kappa shape index (κ1) is 32.7. The summed E-state index contributed by atoms with van der Waals surface area (Å²) in [7, 11) is 0. The van der Waals surface area contributed by atoms with E-state index in [1.165, 1.54) is 102 Å². The number of carbonyl (C=O) groups excluding carboxylic acids is 1. The first-order valence-corrected chi connectivity index (χ1v) is 15.7. The third kappa shape index (κ3) is 12.0. The molecule has 3 nitrogen and oxygen atoms in total. The summed E-state index contributed by atoms with van der Waals surface area (Å²) in [4.78, 5) is 12.1. The van der Waals surface area contributed by atoms with Crippen LogP contribution in [0.5, 0.6) is 11.5 Å².